The molecule has 0 radical (unpaired) electrons. The van der Waals surface area contributed by atoms with E-state index >= 15 is 0 Å². The molecule has 1 aromatic rings. The number of nitrogens with one attached hydrogen (secondary N) is 1. The Kier molecular flexibility index (Phi) is 4.71. The topological polar surface area (TPSA) is 58.6 Å². The Bertz CT molecular complexity index is 444. The van der Waals surface area contributed by atoms with Crippen molar-refractivity contribution in [3.63, 3.8) is 0 Å². The number of thioether (sulfide) groups is 1. The lowest BCUT2D eigenvalue weighted by Crippen LogP contribution is -2.37. The monoisotopic (exact) mass is 281 g/mol. The Morgan fingerprint density at radius 2 is 2.16 bits per heavy atom. The molecule has 0 aromatic heterocycles. The number of carboxylic acids is 1. The van der Waals surface area contributed by atoms with Crippen molar-refractivity contribution in [3.05, 3.63) is 29.3 Å². The van der Waals surface area contributed by atoms with Crippen LogP contribution in [0.5, 0.6) is 5.75 Å². The summed E-state index contributed by atoms with van der Waals surface area (Å²) in [5, 5.41) is 12.2. The normalized spacial score (nSPS) is 22.4. The molecule has 1 aromatic carbocycles. The second-order valence-electron chi connectivity index (χ2n) is 4.74. The van der Waals surface area contributed by atoms with Gasteiger partial charge in [0.05, 0.1) is 12.0 Å². The molecule has 2 N–H and O–H groups in total. The number of aliphatic carboxylic acids is 1. The molecule has 19 heavy (non-hydrogen) atoms. The fraction of sp³-hybridized carbons (Fsp3) is 0.500. The fourth-order valence-electron chi connectivity index (χ4n) is 2.14. The molecule has 0 saturated carbocycles. The predicted molar refractivity (Wildman–Crippen MR) is 76.8 cm³/mol. The molecule has 0 bridgehead atoms. The highest BCUT2D eigenvalue weighted by Gasteiger charge is 2.29. The SMILES string of the molecule is Cc1cccc(C)c1OCCC1NC(C(=O)O)CS1. The molecule has 2 rings (SSSR count). The average Bonchev–Trinajstić information content (AvgIpc) is 2.82. The zero-order valence-electron chi connectivity index (χ0n) is 11.2. The first-order chi connectivity index (χ1) is 9.08. The molecule has 2 unspecified atom stereocenters. The van der Waals surface area contributed by atoms with E-state index in [9.17, 15) is 4.79 Å². The summed E-state index contributed by atoms with van der Waals surface area (Å²) in [6, 6.07) is 5.66. The van der Waals surface area contributed by atoms with Crippen molar-refractivity contribution in [2.45, 2.75) is 31.7 Å². The molecule has 1 aliphatic heterocycles. The Morgan fingerprint density at radius 3 is 2.74 bits per heavy atom. The van der Waals surface area contributed by atoms with Crippen LogP contribution in [0, 0.1) is 13.8 Å². The zero-order valence-corrected chi connectivity index (χ0v) is 12.0. The number of carbonyl (C=O) groups is 1. The fourth-order valence-corrected chi connectivity index (χ4v) is 3.32. The minimum Gasteiger partial charge on any atom is -0.493 e. The number of hydrogen-bond donors (Lipinski definition) is 2. The number of rotatable bonds is 5. The van der Waals surface area contributed by atoms with Crippen LogP contribution in [-0.2, 0) is 4.79 Å². The molecule has 4 nitrogen and oxygen atoms in total. The van der Waals surface area contributed by atoms with Gasteiger partial charge in [0.25, 0.3) is 0 Å². The lowest BCUT2D eigenvalue weighted by Gasteiger charge is -2.14. The van der Waals surface area contributed by atoms with Gasteiger partial charge in [-0.15, -0.1) is 11.8 Å². The molecule has 0 amide bonds. The first-order valence-electron chi connectivity index (χ1n) is 6.37. The highest BCUT2D eigenvalue weighted by Crippen LogP contribution is 2.25. The summed E-state index contributed by atoms with van der Waals surface area (Å²) in [6.07, 6.45) is 0.808. The van der Waals surface area contributed by atoms with Gasteiger partial charge < -0.3 is 9.84 Å². The summed E-state index contributed by atoms with van der Waals surface area (Å²) in [5.74, 6) is 0.801. The van der Waals surface area contributed by atoms with Crippen molar-refractivity contribution in [1.29, 1.82) is 0 Å². The maximum absolute atomic E-state index is 10.8. The van der Waals surface area contributed by atoms with Crippen molar-refractivity contribution < 1.29 is 14.6 Å². The summed E-state index contributed by atoms with van der Waals surface area (Å²) in [5.41, 5.74) is 2.27. The van der Waals surface area contributed by atoms with E-state index in [1.54, 1.807) is 11.8 Å². The van der Waals surface area contributed by atoms with E-state index < -0.39 is 12.0 Å². The first-order valence-corrected chi connectivity index (χ1v) is 7.42. The quantitative estimate of drug-likeness (QED) is 0.866. The predicted octanol–water partition coefficient (Wildman–Crippen LogP) is 2.19. The molecule has 1 aliphatic rings. The number of ether oxygens (including phenoxy) is 1. The van der Waals surface area contributed by atoms with Gasteiger partial charge in [0.15, 0.2) is 0 Å². The van der Waals surface area contributed by atoms with Crippen LogP contribution >= 0.6 is 11.8 Å². The highest BCUT2D eigenvalue weighted by atomic mass is 32.2. The van der Waals surface area contributed by atoms with E-state index in [1.165, 1.54) is 0 Å². The second-order valence-corrected chi connectivity index (χ2v) is 5.97. The summed E-state index contributed by atoms with van der Waals surface area (Å²) in [4.78, 5) is 10.8. The van der Waals surface area contributed by atoms with Crippen molar-refractivity contribution in [1.82, 2.24) is 5.32 Å². The van der Waals surface area contributed by atoms with E-state index in [-0.39, 0.29) is 5.37 Å². The first kappa shape index (κ1) is 14.2. The third-order valence-corrected chi connectivity index (χ3v) is 4.48. The van der Waals surface area contributed by atoms with Gasteiger partial charge >= 0.3 is 5.97 Å². The van der Waals surface area contributed by atoms with E-state index in [2.05, 4.69) is 5.32 Å². The van der Waals surface area contributed by atoms with Gasteiger partial charge in [-0.2, -0.15) is 0 Å². The maximum Gasteiger partial charge on any atom is 0.321 e. The minimum absolute atomic E-state index is 0.172. The summed E-state index contributed by atoms with van der Waals surface area (Å²) in [6.45, 7) is 4.67. The summed E-state index contributed by atoms with van der Waals surface area (Å²) < 4.78 is 5.82. The van der Waals surface area contributed by atoms with E-state index in [0.29, 0.717) is 12.4 Å². The van der Waals surface area contributed by atoms with Crippen LogP contribution in [-0.4, -0.2) is 34.9 Å². The van der Waals surface area contributed by atoms with Gasteiger partial charge in [-0.3, -0.25) is 10.1 Å². The molecule has 5 heteroatoms. The van der Waals surface area contributed by atoms with Crippen molar-refractivity contribution >= 4 is 17.7 Å². The third-order valence-electron chi connectivity index (χ3n) is 3.18. The third kappa shape index (κ3) is 3.64. The lowest BCUT2D eigenvalue weighted by atomic mass is 10.1. The zero-order chi connectivity index (χ0) is 13.8. The Hall–Kier alpha value is -1.20. The molecule has 1 fully saturated rings. The summed E-state index contributed by atoms with van der Waals surface area (Å²) >= 11 is 1.65. The number of carboxylic acid groups (broad SMARTS) is 1. The second kappa shape index (κ2) is 6.30. The van der Waals surface area contributed by atoms with Gasteiger partial charge in [-0.1, -0.05) is 18.2 Å². The molecular weight excluding hydrogens is 262 g/mol. The molecule has 1 saturated heterocycles. The van der Waals surface area contributed by atoms with Crippen molar-refractivity contribution in [2.75, 3.05) is 12.4 Å². The highest BCUT2D eigenvalue weighted by molar-refractivity contribution is 8.00. The van der Waals surface area contributed by atoms with Crippen LogP contribution in [0.25, 0.3) is 0 Å². The van der Waals surface area contributed by atoms with Crippen LogP contribution in [0.4, 0.5) is 0 Å². The number of benzene rings is 1. The molecular formula is C14H19NO3S. The molecule has 0 spiro atoms. The molecule has 0 aliphatic carbocycles. The molecule has 2 atom stereocenters. The van der Waals surface area contributed by atoms with Crippen LogP contribution in [0.3, 0.4) is 0 Å². The molecule has 104 valence electrons. The van der Waals surface area contributed by atoms with Gasteiger partial charge in [0.1, 0.15) is 11.8 Å². The van der Waals surface area contributed by atoms with Gasteiger partial charge in [0.2, 0.25) is 0 Å². The number of aryl methyl sites for hydroxylation is 2. The van der Waals surface area contributed by atoms with E-state index in [1.807, 2.05) is 32.0 Å². The Labute approximate surface area is 117 Å². The maximum atomic E-state index is 10.8. The van der Waals surface area contributed by atoms with Gasteiger partial charge in [-0.05, 0) is 25.0 Å². The number of para-hydroxylation sites is 1. The van der Waals surface area contributed by atoms with Crippen LogP contribution in [0.15, 0.2) is 18.2 Å². The average molecular weight is 281 g/mol. The largest absolute Gasteiger partial charge is 0.493 e. The lowest BCUT2D eigenvalue weighted by molar-refractivity contribution is -0.138. The van der Waals surface area contributed by atoms with Crippen LogP contribution in [0.1, 0.15) is 17.5 Å². The summed E-state index contributed by atoms with van der Waals surface area (Å²) in [7, 11) is 0. The van der Waals surface area contributed by atoms with Crippen LogP contribution in [0.2, 0.25) is 0 Å². The van der Waals surface area contributed by atoms with Gasteiger partial charge in [0, 0.05) is 12.2 Å². The smallest absolute Gasteiger partial charge is 0.321 e. The van der Waals surface area contributed by atoms with Crippen LogP contribution < -0.4 is 10.1 Å². The van der Waals surface area contributed by atoms with E-state index in [4.69, 9.17) is 9.84 Å². The standard InChI is InChI=1S/C14H19NO3S/c1-9-4-3-5-10(2)13(9)18-7-6-12-15-11(8-19-12)14(16)17/h3-5,11-12,15H,6-8H2,1-2H3,(H,16,17). The van der Waals surface area contributed by atoms with Crippen molar-refractivity contribution in [3.8, 4) is 5.75 Å². The minimum atomic E-state index is -0.773. The van der Waals surface area contributed by atoms with Crippen molar-refractivity contribution in [2.24, 2.45) is 0 Å². The van der Waals surface area contributed by atoms with E-state index in [0.717, 1.165) is 23.3 Å². The Morgan fingerprint density at radius 1 is 1.47 bits per heavy atom. The van der Waals surface area contributed by atoms with Gasteiger partial charge in [-0.25, -0.2) is 0 Å². The number of hydrogen-bond acceptors (Lipinski definition) is 4. The Balaban J connectivity index is 1.80. The molecule has 1 heterocycles.